The second kappa shape index (κ2) is 33.0. The molecule has 2 aliphatic rings. The molecule has 0 spiro atoms. The first kappa shape index (κ1) is 61.3. The van der Waals surface area contributed by atoms with E-state index in [4.69, 9.17) is 33.2 Å². The third kappa shape index (κ3) is 21.2. The summed E-state index contributed by atoms with van der Waals surface area (Å²) in [6.07, 6.45) is 11.1. The number of rotatable bonds is 21. The van der Waals surface area contributed by atoms with E-state index in [0.29, 0.717) is 41.0 Å². The smallest absolute Gasteiger partial charge is 0.482 e. The average molecular weight is 1360 g/mol. The van der Waals surface area contributed by atoms with Gasteiger partial charge in [-0.3, -0.25) is 14.4 Å². The number of likely N-dealkylation sites (tertiary alicyclic amines) is 1. The van der Waals surface area contributed by atoms with Crippen molar-refractivity contribution < 1.29 is 97.8 Å². The van der Waals surface area contributed by atoms with Crippen molar-refractivity contribution in [1.29, 1.82) is 0 Å². The fourth-order valence-corrected chi connectivity index (χ4v) is 7.58. The normalized spacial score (nSPS) is 16.7. The van der Waals surface area contributed by atoms with Crippen LogP contribution in [-0.4, -0.2) is 100 Å². The number of methoxy groups -OCH3 is 1. The van der Waals surface area contributed by atoms with Crippen LogP contribution in [0.25, 0.3) is 0 Å². The summed E-state index contributed by atoms with van der Waals surface area (Å²) in [6, 6.07) is 27.0. The number of carbonyl (C=O) groups excluding carboxylic acids is 6. The molecule has 1 aliphatic carbocycles. The van der Waals surface area contributed by atoms with Crippen molar-refractivity contribution in [3.05, 3.63) is 214 Å². The second-order valence-electron chi connectivity index (χ2n) is 16.2. The first-order valence-electron chi connectivity index (χ1n) is 23.5. The monoisotopic (exact) mass is 1360 g/mol. The summed E-state index contributed by atoms with van der Waals surface area (Å²) in [6.45, 7) is 14.0. The molecule has 0 radical (unpaired) electrons. The van der Waals surface area contributed by atoms with Gasteiger partial charge in [0, 0.05) is 51.1 Å². The molecule has 15 nitrogen and oxygen atoms in total. The molecule has 390 valence electrons. The fourth-order valence-electron chi connectivity index (χ4n) is 6.95. The zero-order valence-corrected chi connectivity index (χ0v) is 48.2. The van der Waals surface area contributed by atoms with Crippen LogP contribution in [0.1, 0.15) is 63.1 Å². The number of ether oxygens (including phenoxy) is 8. The van der Waals surface area contributed by atoms with Crippen molar-refractivity contribution >= 4 is 58.0 Å². The number of benzene rings is 4. The molecule has 75 heavy (non-hydrogen) atoms. The Hall–Kier alpha value is -6.20. The van der Waals surface area contributed by atoms with Crippen molar-refractivity contribution in [2.75, 3.05) is 59.8 Å². The quantitative estimate of drug-likeness (QED) is 0.0253. The van der Waals surface area contributed by atoms with Crippen LogP contribution in [0.2, 0.25) is 0 Å². The summed E-state index contributed by atoms with van der Waals surface area (Å²) in [5.74, 6) is -3.72. The molecule has 6 rings (SSSR count). The maximum absolute atomic E-state index is 13.6. The summed E-state index contributed by atoms with van der Waals surface area (Å²) in [4.78, 5) is 81.6. The third-order valence-corrected chi connectivity index (χ3v) is 11.7. The molecule has 4 aromatic rings. The molecule has 0 amide bonds. The SMILES string of the molecule is C=C1\C=C(OC(=O)CCN2CCCCC2)/C=C/C(OC(=O)COC[CH2-])=C\C=C(OC(=O)COc2ccc(C(=O)c3ccccc3)cc2)/C=C\1OC(=O)COc1ccc(C)c(C(=O)c2ccccc2I)c1.[CH2-]COC.[U+2]. The second-order valence-corrected chi connectivity index (χ2v) is 17.4. The number of aryl methyl sites for hydroxylation is 1. The van der Waals surface area contributed by atoms with Gasteiger partial charge in [-0.05, 0) is 140 Å². The summed E-state index contributed by atoms with van der Waals surface area (Å²) >= 11 is 2.10. The van der Waals surface area contributed by atoms with Crippen molar-refractivity contribution in [2.45, 2.75) is 32.6 Å². The molecule has 4 aromatic carbocycles. The number of carbonyl (C=O) groups is 6. The van der Waals surface area contributed by atoms with E-state index in [0.717, 1.165) is 35.9 Å². The van der Waals surface area contributed by atoms with E-state index >= 15 is 0 Å². The Morgan fingerprint density at radius 2 is 1.19 bits per heavy atom. The molecule has 0 unspecified atom stereocenters. The van der Waals surface area contributed by atoms with Crippen LogP contribution in [0.4, 0.5) is 0 Å². The minimum absolute atomic E-state index is 0. The van der Waals surface area contributed by atoms with Crippen molar-refractivity contribution in [1.82, 2.24) is 4.90 Å². The number of hydrogen-bond acceptors (Lipinski definition) is 15. The Morgan fingerprint density at radius 3 is 1.87 bits per heavy atom. The third-order valence-electron chi connectivity index (χ3n) is 10.7. The van der Waals surface area contributed by atoms with Gasteiger partial charge < -0.3 is 56.6 Å². The van der Waals surface area contributed by atoms with Crippen LogP contribution in [-0.2, 0) is 47.6 Å². The molecule has 0 aromatic heterocycles. The van der Waals surface area contributed by atoms with Crippen LogP contribution in [0.5, 0.6) is 11.5 Å². The predicted molar refractivity (Wildman–Crippen MR) is 284 cm³/mol. The maximum atomic E-state index is 13.6. The van der Waals surface area contributed by atoms with Gasteiger partial charge >= 0.3 is 55.0 Å². The zero-order chi connectivity index (χ0) is 53.2. The van der Waals surface area contributed by atoms with Gasteiger partial charge in [-0.2, -0.15) is 0 Å². The number of nitrogens with zero attached hydrogens (tertiary/aromatic N) is 1. The fraction of sp³-hybridized carbons (Fsp3) is 0.241. The molecule has 1 saturated heterocycles. The molecule has 0 saturated carbocycles. The molecule has 0 N–H and O–H groups in total. The maximum Gasteiger partial charge on any atom is 2.00 e. The molecule has 1 aliphatic heterocycles. The Labute approximate surface area is 475 Å². The van der Waals surface area contributed by atoms with Crippen molar-refractivity contribution in [2.24, 2.45) is 0 Å². The van der Waals surface area contributed by atoms with E-state index in [1.807, 2.05) is 18.2 Å². The first-order chi connectivity index (χ1) is 35.8. The first-order valence-corrected chi connectivity index (χ1v) is 24.6. The summed E-state index contributed by atoms with van der Waals surface area (Å²) < 4.78 is 44.6. The molecule has 1 fully saturated rings. The van der Waals surface area contributed by atoms with E-state index in [2.05, 4.69) is 52.7 Å². The number of hydrogen-bond donors (Lipinski definition) is 0. The van der Waals surface area contributed by atoms with Crippen LogP contribution in [0.15, 0.2) is 169 Å². The van der Waals surface area contributed by atoms with E-state index in [1.54, 1.807) is 80.8 Å². The van der Waals surface area contributed by atoms with Crippen LogP contribution >= 0.6 is 22.6 Å². The van der Waals surface area contributed by atoms with Crippen LogP contribution < -0.4 is 9.47 Å². The van der Waals surface area contributed by atoms with E-state index in [-0.39, 0.29) is 95.8 Å². The van der Waals surface area contributed by atoms with E-state index < -0.39 is 43.7 Å². The van der Waals surface area contributed by atoms with Gasteiger partial charge in [0.2, 0.25) is 0 Å². The molecule has 1 heterocycles. The minimum atomic E-state index is -0.920. The van der Waals surface area contributed by atoms with Crippen LogP contribution in [0, 0.1) is 55.5 Å². The number of halogens is 1. The molecular formula is C58H58INO14U. The number of allylic oxidation sites excluding steroid dienone is 6. The standard InChI is InChI=1S/C55H51INO13.C3H7O.U/c1-4-64-34-51(59)67-42-23-25-44(68-50(58)27-30-57-28-11-6-12-29-57)31-38(3)49(70-53(61)36-66-43-20-17-37(2)47(32-43)55(63)46-15-9-10-16-48(46)56)33-45(26-24-42)69-52(60)35-65-41-21-18-40(19-22-41)54(62)39-13-7-5-8-14-39;1-3-4-2;/h5,7-10,13-26,31-33H,1,3-4,6,11-12,27-30,34-36H2,2H3;1,3H2,2H3;/q2*-1;+2/b25-23+,42-24+,44-31+,45-26+,49-33+;;. The zero-order valence-electron chi connectivity index (χ0n) is 41.8. The molecule has 0 bridgehead atoms. The number of esters is 4. The van der Waals surface area contributed by atoms with Crippen molar-refractivity contribution in [3.8, 4) is 11.5 Å². The van der Waals surface area contributed by atoms with Gasteiger partial charge in [0.05, 0.1) is 6.42 Å². The Kier molecular flexibility index (Phi) is 27.0. The molecule has 0 atom stereocenters. The van der Waals surface area contributed by atoms with Gasteiger partial charge in [-0.25, -0.2) is 14.4 Å². The minimum Gasteiger partial charge on any atom is -0.482 e. The largest absolute Gasteiger partial charge is 2.00 e. The Balaban J connectivity index is 0.00000235. The summed E-state index contributed by atoms with van der Waals surface area (Å²) in [5, 5.41) is 0. The number of ketones is 2. The molecular weight excluding hydrogens is 1300 g/mol. The van der Waals surface area contributed by atoms with Gasteiger partial charge in [0.25, 0.3) is 0 Å². The van der Waals surface area contributed by atoms with Crippen LogP contribution in [0.3, 0.4) is 0 Å². The predicted octanol–water partition coefficient (Wildman–Crippen LogP) is 9.55. The number of piperidine rings is 1. The van der Waals surface area contributed by atoms with E-state index in [1.165, 1.54) is 48.6 Å². The average Bonchev–Trinajstić information content (AvgIpc) is 3.43. The van der Waals surface area contributed by atoms with Gasteiger partial charge in [-0.15, -0.1) is 0 Å². The Morgan fingerprint density at radius 1 is 0.613 bits per heavy atom. The topological polar surface area (TPSA) is 180 Å². The molecule has 17 heteroatoms. The van der Waals surface area contributed by atoms with Crippen molar-refractivity contribution in [3.63, 3.8) is 0 Å². The van der Waals surface area contributed by atoms with Gasteiger partial charge in [0.1, 0.15) is 41.1 Å². The van der Waals surface area contributed by atoms with E-state index in [9.17, 15) is 28.8 Å². The van der Waals surface area contributed by atoms with Gasteiger partial charge in [0.15, 0.2) is 24.8 Å². The Bertz CT molecular complexity index is 2770. The van der Waals surface area contributed by atoms with Gasteiger partial charge in [-0.1, -0.05) is 74.7 Å². The summed E-state index contributed by atoms with van der Waals surface area (Å²) in [5.41, 5.74) is 2.52. The summed E-state index contributed by atoms with van der Waals surface area (Å²) in [7, 11) is 1.62.